The van der Waals surface area contributed by atoms with Gasteiger partial charge in [-0.2, -0.15) is 0 Å². The van der Waals surface area contributed by atoms with Crippen LogP contribution >= 0.6 is 0 Å². The summed E-state index contributed by atoms with van der Waals surface area (Å²) in [4.78, 5) is 2.50. The van der Waals surface area contributed by atoms with Gasteiger partial charge < -0.3 is 5.32 Å². The summed E-state index contributed by atoms with van der Waals surface area (Å²) < 4.78 is 13.1. The highest BCUT2D eigenvalue weighted by Crippen LogP contribution is 2.16. The van der Waals surface area contributed by atoms with E-state index in [0.717, 1.165) is 17.8 Å². The maximum atomic E-state index is 13.1. The zero-order valence-corrected chi connectivity index (χ0v) is 12.2. The van der Waals surface area contributed by atoms with Crippen molar-refractivity contribution in [3.05, 3.63) is 65.5 Å². The number of rotatable bonds is 5. The van der Waals surface area contributed by atoms with Crippen molar-refractivity contribution in [3.8, 4) is 0 Å². The third kappa shape index (κ3) is 4.05. The molecule has 0 radical (unpaired) electrons. The van der Waals surface area contributed by atoms with E-state index in [1.807, 2.05) is 6.07 Å². The first-order valence-electron chi connectivity index (χ1n) is 7.59. The van der Waals surface area contributed by atoms with Gasteiger partial charge in [-0.25, -0.2) is 4.39 Å². The molecule has 3 rings (SSSR count). The molecule has 2 aromatic carbocycles. The lowest BCUT2D eigenvalue weighted by Crippen LogP contribution is -2.18. The average Bonchev–Trinajstić information content (AvgIpc) is 3.00. The Morgan fingerprint density at radius 2 is 1.71 bits per heavy atom. The van der Waals surface area contributed by atoms with Gasteiger partial charge in [-0.1, -0.05) is 24.3 Å². The van der Waals surface area contributed by atoms with Crippen molar-refractivity contribution in [2.45, 2.75) is 25.9 Å². The predicted molar refractivity (Wildman–Crippen MR) is 84.7 cm³/mol. The zero-order valence-electron chi connectivity index (χ0n) is 12.2. The van der Waals surface area contributed by atoms with Crippen LogP contribution in [0.4, 0.5) is 10.1 Å². The number of nitrogens with one attached hydrogen (secondary N) is 1. The molecule has 0 aromatic heterocycles. The van der Waals surface area contributed by atoms with Crippen molar-refractivity contribution < 1.29 is 4.39 Å². The molecule has 3 heteroatoms. The van der Waals surface area contributed by atoms with E-state index in [1.165, 1.54) is 37.6 Å². The van der Waals surface area contributed by atoms with Crippen LogP contribution in [0.15, 0.2) is 48.5 Å². The van der Waals surface area contributed by atoms with Crippen molar-refractivity contribution in [2.75, 3.05) is 18.4 Å². The molecule has 1 heterocycles. The van der Waals surface area contributed by atoms with Gasteiger partial charge in [-0.3, -0.25) is 4.90 Å². The van der Waals surface area contributed by atoms with E-state index in [9.17, 15) is 4.39 Å². The topological polar surface area (TPSA) is 15.3 Å². The summed E-state index contributed by atoms with van der Waals surface area (Å²) >= 11 is 0. The molecule has 1 fully saturated rings. The van der Waals surface area contributed by atoms with Crippen LogP contribution in [0.2, 0.25) is 0 Å². The lowest BCUT2D eigenvalue weighted by atomic mass is 10.2. The van der Waals surface area contributed by atoms with Gasteiger partial charge in [0, 0.05) is 18.8 Å². The molecule has 0 spiro atoms. The molecule has 1 aliphatic heterocycles. The Labute approximate surface area is 125 Å². The van der Waals surface area contributed by atoms with Crippen LogP contribution < -0.4 is 5.32 Å². The monoisotopic (exact) mass is 284 g/mol. The van der Waals surface area contributed by atoms with Crippen molar-refractivity contribution in [3.63, 3.8) is 0 Å². The summed E-state index contributed by atoms with van der Waals surface area (Å²) in [6, 6.07) is 15.3. The number of benzene rings is 2. The minimum atomic E-state index is -0.185. The van der Waals surface area contributed by atoms with Crippen LogP contribution in [0, 0.1) is 5.82 Å². The van der Waals surface area contributed by atoms with Crippen LogP contribution in [0.5, 0.6) is 0 Å². The van der Waals surface area contributed by atoms with E-state index in [4.69, 9.17) is 0 Å². The minimum absolute atomic E-state index is 0.185. The molecule has 0 atom stereocenters. The van der Waals surface area contributed by atoms with Gasteiger partial charge in [0.15, 0.2) is 0 Å². The van der Waals surface area contributed by atoms with Crippen LogP contribution in [0.3, 0.4) is 0 Å². The number of halogens is 1. The summed E-state index contributed by atoms with van der Waals surface area (Å²) in [7, 11) is 0. The molecule has 0 unspecified atom stereocenters. The normalized spacial score (nSPS) is 15.3. The standard InChI is InChI=1S/C18H21FN2/c19-17-5-3-4-16(12-17)13-20-18-8-6-15(7-9-18)14-21-10-1-2-11-21/h3-9,12,20H,1-2,10-11,13-14H2. The number of likely N-dealkylation sites (tertiary alicyclic amines) is 1. The average molecular weight is 284 g/mol. The molecular weight excluding hydrogens is 263 g/mol. The number of anilines is 1. The summed E-state index contributed by atoms with van der Waals surface area (Å²) in [6.07, 6.45) is 2.65. The number of hydrogen-bond acceptors (Lipinski definition) is 2. The SMILES string of the molecule is Fc1cccc(CNc2ccc(CN3CCCC3)cc2)c1. The van der Waals surface area contributed by atoms with Gasteiger partial charge in [-0.15, -0.1) is 0 Å². The first-order chi connectivity index (χ1) is 10.3. The predicted octanol–water partition coefficient (Wildman–Crippen LogP) is 4.03. The van der Waals surface area contributed by atoms with E-state index in [2.05, 4.69) is 34.5 Å². The van der Waals surface area contributed by atoms with Gasteiger partial charge in [0.2, 0.25) is 0 Å². The van der Waals surface area contributed by atoms with Crippen molar-refractivity contribution in [1.82, 2.24) is 4.90 Å². The first-order valence-corrected chi connectivity index (χ1v) is 7.59. The van der Waals surface area contributed by atoms with Gasteiger partial charge in [0.05, 0.1) is 0 Å². The Morgan fingerprint density at radius 3 is 2.43 bits per heavy atom. The van der Waals surface area contributed by atoms with E-state index < -0.39 is 0 Å². The number of nitrogens with zero attached hydrogens (tertiary/aromatic N) is 1. The van der Waals surface area contributed by atoms with E-state index in [0.29, 0.717) is 6.54 Å². The van der Waals surface area contributed by atoms with Crippen LogP contribution in [-0.2, 0) is 13.1 Å². The smallest absolute Gasteiger partial charge is 0.123 e. The molecule has 21 heavy (non-hydrogen) atoms. The molecular formula is C18H21FN2. The second-order valence-corrected chi connectivity index (χ2v) is 5.66. The maximum Gasteiger partial charge on any atom is 0.123 e. The maximum absolute atomic E-state index is 13.1. The summed E-state index contributed by atoms with van der Waals surface area (Å²) in [5.74, 6) is -0.185. The van der Waals surface area contributed by atoms with Crippen molar-refractivity contribution in [1.29, 1.82) is 0 Å². The Morgan fingerprint density at radius 1 is 0.952 bits per heavy atom. The molecule has 2 nitrogen and oxygen atoms in total. The molecule has 0 aliphatic carbocycles. The van der Waals surface area contributed by atoms with Gasteiger partial charge >= 0.3 is 0 Å². The Hall–Kier alpha value is -1.87. The molecule has 110 valence electrons. The van der Waals surface area contributed by atoms with Crippen LogP contribution in [-0.4, -0.2) is 18.0 Å². The Balaban J connectivity index is 1.54. The van der Waals surface area contributed by atoms with Gasteiger partial charge in [-0.05, 0) is 61.3 Å². The largest absolute Gasteiger partial charge is 0.381 e. The number of hydrogen-bond donors (Lipinski definition) is 1. The fourth-order valence-electron chi connectivity index (χ4n) is 2.78. The summed E-state index contributed by atoms with van der Waals surface area (Å²) in [5.41, 5.74) is 3.38. The summed E-state index contributed by atoms with van der Waals surface area (Å²) in [5, 5.41) is 3.33. The highest BCUT2D eigenvalue weighted by molar-refractivity contribution is 5.45. The van der Waals surface area contributed by atoms with Crippen molar-refractivity contribution in [2.24, 2.45) is 0 Å². The van der Waals surface area contributed by atoms with Gasteiger partial charge in [0.25, 0.3) is 0 Å². The third-order valence-electron chi connectivity index (χ3n) is 3.94. The van der Waals surface area contributed by atoms with Crippen molar-refractivity contribution >= 4 is 5.69 Å². The fraction of sp³-hybridized carbons (Fsp3) is 0.333. The zero-order chi connectivity index (χ0) is 14.5. The second kappa shape index (κ2) is 6.72. The van der Waals surface area contributed by atoms with E-state index >= 15 is 0 Å². The fourth-order valence-corrected chi connectivity index (χ4v) is 2.78. The van der Waals surface area contributed by atoms with Crippen LogP contribution in [0.1, 0.15) is 24.0 Å². The minimum Gasteiger partial charge on any atom is -0.381 e. The van der Waals surface area contributed by atoms with Gasteiger partial charge in [0.1, 0.15) is 5.82 Å². The molecule has 0 saturated carbocycles. The Kier molecular flexibility index (Phi) is 4.51. The lowest BCUT2D eigenvalue weighted by Gasteiger charge is -2.15. The lowest BCUT2D eigenvalue weighted by molar-refractivity contribution is 0.331. The quantitative estimate of drug-likeness (QED) is 0.891. The molecule has 0 bridgehead atoms. The molecule has 1 saturated heterocycles. The molecule has 1 aliphatic rings. The van der Waals surface area contributed by atoms with E-state index in [-0.39, 0.29) is 5.82 Å². The molecule has 1 N–H and O–H groups in total. The van der Waals surface area contributed by atoms with Crippen LogP contribution in [0.25, 0.3) is 0 Å². The highest BCUT2D eigenvalue weighted by Gasteiger charge is 2.11. The highest BCUT2D eigenvalue weighted by atomic mass is 19.1. The second-order valence-electron chi connectivity index (χ2n) is 5.66. The molecule has 2 aromatic rings. The third-order valence-corrected chi connectivity index (χ3v) is 3.94. The molecule has 0 amide bonds. The first kappa shape index (κ1) is 14.1. The van der Waals surface area contributed by atoms with E-state index in [1.54, 1.807) is 12.1 Å². The summed E-state index contributed by atoms with van der Waals surface area (Å²) in [6.45, 7) is 4.13. The Bertz CT molecular complexity index is 574.